The molecule has 0 bridgehead atoms. The normalized spacial score (nSPS) is 10.3. The summed E-state index contributed by atoms with van der Waals surface area (Å²) in [7, 11) is 0. The van der Waals surface area contributed by atoms with Crippen molar-refractivity contribution in [3.8, 4) is 5.88 Å². The maximum absolute atomic E-state index is 5.49. The molecule has 4 nitrogen and oxygen atoms in total. The number of rotatable bonds is 8. The molecule has 1 N–H and O–H groups in total. The van der Waals surface area contributed by atoms with Gasteiger partial charge in [-0.15, -0.1) is 6.58 Å². The van der Waals surface area contributed by atoms with E-state index in [4.69, 9.17) is 4.74 Å². The molecule has 5 heteroatoms. The van der Waals surface area contributed by atoms with E-state index in [-0.39, 0.29) is 6.10 Å². The number of nitrogens with one attached hydrogen (secondary N) is 1. The lowest BCUT2D eigenvalue weighted by molar-refractivity contribution is 0.232. The molecule has 94 valence electrons. The second-order valence-corrected chi connectivity index (χ2v) is 4.83. The van der Waals surface area contributed by atoms with Crippen LogP contribution in [0.1, 0.15) is 13.8 Å². The van der Waals surface area contributed by atoms with Crippen LogP contribution in [0, 0.1) is 0 Å². The van der Waals surface area contributed by atoms with E-state index in [1.807, 2.05) is 31.7 Å². The van der Waals surface area contributed by atoms with E-state index in [9.17, 15) is 0 Å². The van der Waals surface area contributed by atoms with E-state index in [1.165, 1.54) is 0 Å². The van der Waals surface area contributed by atoms with E-state index in [0.717, 1.165) is 18.1 Å². The maximum atomic E-state index is 5.49. The van der Waals surface area contributed by atoms with Crippen molar-refractivity contribution in [3.63, 3.8) is 0 Å². The minimum atomic E-state index is 0.126. The Hall–Kier alpha value is -1.23. The molecular weight excluding hydrogens is 234 g/mol. The highest BCUT2D eigenvalue weighted by Gasteiger charge is 2.01. The third-order valence-electron chi connectivity index (χ3n) is 1.75. The molecule has 0 aromatic carbocycles. The zero-order valence-electron chi connectivity index (χ0n) is 10.3. The first kappa shape index (κ1) is 13.8. The van der Waals surface area contributed by atoms with Crippen LogP contribution in [0.15, 0.2) is 24.9 Å². The number of ether oxygens (including phenoxy) is 1. The summed E-state index contributed by atoms with van der Waals surface area (Å²) in [5.41, 5.74) is 0. The van der Waals surface area contributed by atoms with Gasteiger partial charge < -0.3 is 10.1 Å². The summed E-state index contributed by atoms with van der Waals surface area (Å²) in [5, 5.41) is 3.16. The molecule has 1 rings (SSSR count). The number of nitrogens with zero attached hydrogens (tertiary/aromatic N) is 2. The van der Waals surface area contributed by atoms with Crippen molar-refractivity contribution < 1.29 is 4.74 Å². The fraction of sp³-hybridized carbons (Fsp3) is 0.500. The second kappa shape index (κ2) is 7.95. The second-order valence-electron chi connectivity index (χ2n) is 3.68. The Balaban J connectivity index is 2.35. The lowest BCUT2D eigenvalue weighted by Crippen LogP contribution is -2.10. The van der Waals surface area contributed by atoms with Crippen LogP contribution in [0.3, 0.4) is 0 Å². The van der Waals surface area contributed by atoms with E-state index >= 15 is 0 Å². The van der Waals surface area contributed by atoms with Crippen LogP contribution < -0.4 is 10.1 Å². The van der Waals surface area contributed by atoms with Gasteiger partial charge >= 0.3 is 0 Å². The lowest BCUT2D eigenvalue weighted by atomic mass is 10.5. The number of hydrogen-bond donors (Lipinski definition) is 1. The van der Waals surface area contributed by atoms with Crippen LogP contribution >= 0.6 is 11.8 Å². The molecule has 0 aliphatic heterocycles. The van der Waals surface area contributed by atoms with Crippen LogP contribution in [-0.4, -0.2) is 34.1 Å². The fourth-order valence-corrected chi connectivity index (χ4v) is 1.72. The molecule has 17 heavy (non-hydrogen) atoms. The van der Waals surface area contributed by atoms with Crippen LogP contribution in [0.5, 0.6) is 5.88 Å². The molecule has 0 radical (unpaired) electrons. The van der Waals surface area contributed by atoms with Gasteiger partial charge in [0.1, 0.15) is 0 Å². The largest absolute Gasteiger partial charge is 0.475 e. The maximum Gasteiger partial charge on any atom is 0.225 e. The highest BCUT2D eigenvalue weighted by atomic mass is 32.2. The van der Waals surface area contributed by atoms with Crippen LogP contribution in [0.4, 0.5) is 5.95 Å². The first-order valence-corrected chi connectivity index (χ1v) is 6.80. The molecule has 0 fully saturated rings. The molecule has 1 aromatic rings. The zero-order chi connectivity index (χ0) is 12.5. The Kier molecular flexibility index (Phi) is 6.47. The number of aromatic nitrogens is 2. The Morgan fingerprint density at radius 1 is 1.59 bits per heavy atom. The minimum absolute atomic E-state index is 0.126. The van der Waals surface area contributed by atoms with Crippen molar-refractivity contribution in [3.05, 3.63) is 24.9 Å². The van der Waals surface area contributed by atoms with Gasteiger partial charge in [-0.25, -0.2) is 4.98 Å². The molecule has 0 saturated heterocycles. The smallest absolute Gasteiger partial charge is 0.225 e. The van der Waals surface area contributed by atoms with E-state index < -0.39 is 0 Å². The molecule has 1 heterocycles. The first-order chi connectivity index (χ1) is 8.22. The Morgan fingerprint density at radius 2 is 2.41 bits per heavy atom. The Bertz CT molecular complexity index is 344. The highest BCUT2D eigenvalue weighted by molar-refractivity contribution is 7.99. The van der Waals surface area contributed by atoms with Gasteiger partial charge in [0.25, 0.3) is 0 Å². The molecule has 0 saturated carbocycles. The quantitative estimate of drug-likeness (QED) is 0.570. The summed E-state index contributed by atoms with van der Waals surface area (Å²) in [6, 6.07) is 1.76. The third kappa shape index (κ3) is 6.16. The standard InChI is InChI=1S/C12H19N3OS/c1-4-8-17-9-7-14-12-13-6-5-11(15-12)16-10(2)3/h4-6,10H,1,7-9H2,2-3H3,(H,13,14,15). The zero-order valence-corrected chi connectivity index (χ0v) is 11.2. The molecule has 0 aliphatic rings. The predicted molar refractivity (Wildman–Crippen MR) is 73.8 cm³/mol. The Morgan fingerprint density at radius 3 is 3.12 bits per heavy atom. The van der Waals surface area contributed by atoms with Gasteiger partial charge in [0.15, 0.2) is 0 Å². The van der Waals surface area contributed by atoms with Crippen molar-refractivity contribution in [2.45, 2.75) is 20.0 Å². The van der Waals surface area contributed by atoms with Crippen LogP contribution in [0.2, 0.25) is 0 Å². The van der Waals surface area contributed by atoms with E-state index in [1.54, 1.807) is 12.3 Å². The summed E-state index contributed by atoms with van der Waals surface area (Å²) in [4.78, 5) is 8.39. The number of anilines is 1. The van der Waals surface area contributed by atoms with Gasteiger partial charge in [-0.05, 0) is 13.8 Å². The summed E-state index contributed by atoms with van der Waals surface area (Å²) >= 11 is 1.82. The molecule has 0 spiro atoms. The van der Waals surface area contributed by atoms with Gasteiger partial charge in [-0.1, -0.05) is 6.08 Å². The van der Waals surface area contributed by atoms with Gasteiger partial charge in [-0.2, -0.15) is 16.7 Å². The highest BCUT2D eigenvalue weighted by Crippen LogP contribution is 2.10. The summed E-state index contributed by atoms with van der Waals surface area (Å²) < 4.78 is 5.49. The molecular formula is C12H19N3OS. The minimum Gasteiger partial charge on any atom is -0.475 e. The topological polar surface area (TPSA) is 47.0 Å². The summed E-state index contributed by atoms with van der Waals surface area (Å²) in [6.07, 6.45) is 3.73. The predicted octanol–water partition coefficient (Wildman–Crippen LogP) is 2.59. The van der Waals surface area contributed by atoms with Gasteiger partial charge in [0, 0.05) is 30.3 Å². The van der Waals surface area contributed by atoms with Gasteiger partial charge in [0.05, 0.1) is 6.10 Å². The van der Waals surface area contributed by atoms with Crippen molar-refractivity contribution in [1.29, 1.82) is 0 Å². The van der Waals surface area contributed by atoms with E-state index in [2.05, 4.69) is 21.9 Å². The molecule has 0 unspecified atom stereocenters. The van der Waals surface area contributed by atoms with Gasteiger partial charge in [-0.3, -0.25) is 0 Å². The third-order valence-corrected chi connectivity index (χ3v) is 2.72. The molecule has 0 amide bonds. The molecule has 0 atom stereocenters. The monoisotopic (exact) mass is 253 g/mol. The number of thioether (sulfide) groups is 1. The molecule has 1 aromatic heterocycles. The molecule has 0 aliphatic carbocycles. The SMILES string of the molecule is C=CCSCCNc1nccc(OC(C)C)n1. The van der Waals surface area contributed by atoms with E-state index in [0.29, 0.717) is 11.8 Å². The fourth-order valence-electron chi connectivity index (χ4n) is 1.14. The summed E-state index contributed by atoms with van der Waals surface area (Å²) in [6.45, 7) is 8.46. The number of hydrogen-bond acceptors (Lipinski definition) is 5. The van der Waals surface area contributed by atoms with Crippen molar-refractivity contribution in [1.82, 2.24) is 9.97 Å². The van der Waals surface area contributed by atoms with Crippen LogP contribution in [-0.2, 0) is 0 Å². The lowest BCUT2D eigenvalue weighted by Gasteiger charge is -2.09. The average Bonchev–Trinajstić information content (AvgIpc) is 2.28. The average molecular weight is 253 g/mol. The van der Waals surface area contributed by atoms with Crippen molar-refractivity contribution in [2.75, 3.05) is 23.4 Å². The first-order valence-electron chi connectivity index (χ1n) is 5.64. The van der Waals surface area contributed by atoms with Crippen molar-refractivity contribution in [2.24, 2.45) is 0 Å². The summed E-state index contributed by atoms with van der Waals surface area (Å²) in [5.74, 6) is 3.20. The Labute approximate surface area is 107 Å². The van der Waals surface area contributed by atoms with Crippen LogP contribution in [0.25, 0.3) is 0 Å². The van der Waals surface area contributed by atoms with Gasteiger partial charge in [0.2, 0.25) is 11.8 Å². The van der Waals surface area contributed by atoms with Crippen molar-refractivity contribution >= 4 is 17.7 Å².